The van der Waals surface area contributed by atoms with Crippen LogP contribution in [0.5, 0.6) is 0 Å². The number of rotatable bonds is 8. The molecular formula is C25H38N4O2. The van der Waals surface area contributed by atoms with Gasteiger partial charge in [0.1, 0.15) is 0 Å². The molecule has 0 spiro atoms. The van der Waals surface area contributed by atoms with Crippen LogP contribution in [0.25, 0.3) is 10.9 Å². The second-order valence-electron chi connectivity index (χ2n) is 9.47. The van der Waals surface area contributed by atoms with Gasteiger partial charge in [-0.3, -0.25) is 4.79 Å². The molecule has 170 valence electrons. The van der Waals surface area contributed by atoms with Gasteiger partial charge in [0.15, 0.2) is 0 Å². The summed E-state index contributed by atoms with van der Waals surface area (Å²) in [6.07, 6.45) is 16.7. The Labute approximate surface area is 185 Å². The topological polar surface area (TPSA) is 69.0 Å². The van der Waals surface area contributed by atoms with Crippen LogP contribution in [0.4, 0.5) is 5.95 Å². The highest BCUT2D eigenvalue weighted by molar-refractivity contribution is 5.81. The van der Waals surface area contributed by atoms with Gasteiger partial charge in [-0.2, -0.15) is 0 Å². The maximum absolute atomic E-state index is 13.4. The SMILES string of the molecule is CCCCC[C@H](C)Nc1ncc2c(=O)n(C3CCOCC3)cc(C3CCCCC3)c2n1. The molecule has 31 heavy (non-hydrogen) atoms. The van der Waals surface area contributed by atoms with Crippen LogP contribution in [0.1, 0.15) is 102 Å². The van der Waals surface area contributed by atoms with Crippen molar-refractivity contribution in [2.24, 2.45) is 0 Å². The molecule has 1 saturated heterocycles. The molecule has 3 heterocycles. The van der Waals surface area contributed by atoms with Gasteiger partial charge in [0, 0.05) is 37.7 Å². The molecule has 1 saturated carbocycles. The van der Waals surface area contributed by atoms with Crippen LogP contribution in [-0.2, 0) is 4.74 Å². The average Bonchev–Trinajstić information content (AvgIpc) is 2.81. The normalized spacial score (nSPS) is 19.5. The first kappa shape index (κ1) is 22.3. The van der Waals surface area contributed by atoms with E-state index >= 15 is 0 Å². The van der Waals surface area contributed by atoms with E-state index in [2.05, 4.69) is 30.3 Å². The van der Waals surface area contributed by atoms with Crippen molar-refractivity contribution in [2.75, 3.05) is 18.5 Å². The van der Waals surface area contributed by atoms with E-state index in [1.165, 1.54) is 56.9 Å². The van der Waals surface area contributed by atoms with E-state index in [0.29, 0.717) is 23.3 Å². The number of hydrogen-bond donors (Lipinski definition) is 1. The number of nitrogens with one attached hydrogen (secondary N) is 1. The molecule has 1 aliphatic carbocycles. The van der Waals surface area contributed by atoms with Gasteiger partial charge in [0.25, 0.3) is 5.56 Å². The fourth-order valence-electron chi connectivity index (χ4n) is 5.18. The Morgan fingerprint density at radius 2 is 1.94 bits per heavy atom. The fraction of sp³-hybridized carbons (Fsp3) is 0.720. The third-order valence-electron chi connectivity index (χ3n) is 7.05. The number of unbranched alkanes of at least 4 members (excludes halogenated alkanes) is 2. The van der Waals surface area contributed by atoms with Crippen molar-refractivity contribution in [1.82, 2.24) is 14.5 Å². The monoisotopic (exact) mass is 426 g/mol. The Balaban J connectivity index is 1.69. The zero-order valence-electron chi connectivity index (χ0n) is 19.2. The Morgan fingerprint density at radius 3 is 2.68 bits per heavy atom. The molecule has 1 N–H and O–H groups in total. The van der Waals surface area contributed by atoms with Gasteiger partial charge in [-0.25, -0.2) is 9.97 Å². The highest BCUT2D eigenvalue weighted by Gasteiger charge is 2.25. The van der Waals surface area contributed by atoms with E-state index in [1.54, 1.807) is 6.20 Å². The molecule has 2 aromatic rings. The molecule has 6 nitrogen and oxygen atoms in total. The van der Waals surface area contributed by atoms with Crippen molar-refractivity contribution in [3.8, 4) is 0 Å². The number of aromatic nitrogens is 3. The summed E-state index contributed by atoms with van der Waals surface area (Å²) in [6, 6.07) is 0.536. The lowest BCUT2D eigenvalue weighted by molar-refractivity contribution is 0.0687. The van der Waals surface area contributed by atoms with E-state index in [-0.39, 0.29) is 11.6 Å². The smallest absolute Gasteiger partial charge is 0.261 e. The minimum absolute atomic E-state index is 0.0454. The first-order chi connectivity index (χ1) is 15.2. The number of nitrogens with zero attached hydrogens (tertiary/aromatic N) is 3. The van der Waals surface area contributed by atoms with Crippen molar-refractivity contribution < 1.29 is 4.74 Å². The van der Waals surface area contributed by atoms with Crippen molar-refractivity contribution >= 4 is 16.9 Å². The third-order valence-corrected chi connectivity index (χ3v) is 7.05. The molecule has 2 fully saturated rings. The lowest BCUT2D eigenvalue weighted by atomic mass is 9.84. The molecule has 2 aromatic heterocycles. The molecule has 0 unspecified atom stereocenters. The minimum Gasteiger partial charge on any atom is -0.381 e. The van der Waals surface area contributed by atoms with Crippen LogP contribution in [0, 0.1) is 0 Å². The molecule has 0 aromatic carbocycles. The molecule has 2 aliphatic rings. The summed E-state index contributed by atoms with van der Waals surface area (Å²) in [5, 5.41) is 4.14. The summed E-state index contributed by atoms with van der Waals surface area (Å²) in [6.45, 7) is 5.87. The maximum Gasteiger partial charge on any atom is 0.261 e. The number of pyridine rings is 1. The Kier molecular flexibility index (Phi) is 7.59. The van der Waals surface area contributed by atoms with E-state index in [9.17, 15) is 4.79 Å². The fourth-order valence-corrected chi connectivity index (χ4v) is 5.18. The lowest BCUT2D eigenvalue weighted by Crippen LogP contribution is -2.30. The third kappa shape index (κ3) is 5.28. The van der Waals surface area contributed by atoms with Crippen molar-refractivity contribution in [3.05, 3.63) is 28.3 Å². The van der Waals surface area contributed by atoms with Gasteiger partial charge < -0.3 is 14.6 Å². The predicted octanol–water partition coefficient (Wildman–Crippen LogP) is 5.57. The lowest BCUT2D eigenvalue weighted by Gasteiger charge is -2.28. The number of hydrogen-bond acceptors (Lipinski definition) is 5. The Bertz CT molecular complexity index is 914. The predicted molar refractivity (Wildman–Crippen MR) is 126 cm³/mol. The number of fused-ring (bicyclic) bond motifs is 1. The summed E-state index contributed by atoms with van der Waals surface area (Å²) in [5.74, 6) is 1.13. The van der Waals surface area contributed by atoms with E-state index < -0.39 is 0 Å². The van der Waals surface area contributed by atoms with Crippen LogP contribution in [0.15, 0.2) is 17.2 Å². The summed E-state index contributed by atoms with van der Waals surface area (Å²) in [4.78, 5) is 22.8. The second-order valence-corrected chi connectivity index (χ2v) is 9.47. The molecule has 0 amide bonds. The molecule has 0 radical (unpaired) electrons. The van der Waals surface area contributed by atoms with Gasteiger partial charge in [-0.05, 0) is 50.5 Å². The van der Waals surface area contributed by atoms with Gasteiger partial charge in [-0.15, -0.1) is 0 Å². The second kappa shape index (κ2) is 10.6. The molecular weight excluding hydrogens is 388 g/mol. The van der Waals surface area contributed by atoms with Crippen molar-refractivity contribution in [3.63, 3.8) is 0 Å². The molecule has 4 rings (SSSR count). The highest BCUT2D eigenvalue weighted by atomic mass is 16.5. The van der Waals surface area contributed by atoms with Gasteiger partial charge >= 0.3 is 0 Å². The minimum atomic E-state index is 0.0454. The number of ether oxygens (including phenoxy) is 1. The van der Waals surface area contributed by atoms with Crippen LogP contribution < -0.4 is 10.9 Å². The van der Waals surface area contributed by atoms with E-state index in [0.717, 1.165) is 38.0 Å². The Hall–Kier alpha value is -1.95. The summed E-state index contributed by atoms with van der Waals surface area (Å²) in [5.41, 5.74) is 2.15. The van der Waals surface area contributed by atoms with Crippen molar-refractivity contribution in [2.45, 2.75) is 102 Å². The molecule has 0 bridgehead atoms. The molecule has 6 heteroatoms. The number of anilines is 1. The first-order valence-corrected chi connectivity index (χ1v) is 12.4. The van der Waals surface area contributed by atoms with Crippen LogP contribution in [0.2, 0.25) is 0 Å². The van der Waals surface area contributed by atoms with E-state index in [4.69, 9.17) is 9.72 Å². The van der Waals surface area contributed by atoms with Crippen LogP contribution in [-0.4, -0.2) is 33.8 Å². The quantitative estimate of drug-likeness (QED) is 0.559. The largest absolute Gasteiger partial charge is 0.381 e. The van der Waals surface area contributed by atoms with Crippen molar-refractivity contribution in [1.29, 1.82) is 0 Å². The maximum atomic E-state index is 13.4. The highest BCUT2D eigenvalue weighted by Crippen LogP contribution is 2.36. The Morgan fingerprint density at radius 1 is 1.16 bits per heavy atom. The zero-order valence-corrected chi connectivity index (χ0v) is 19.2. The van der Waals surface area contributed by atoms with Crippen LogP contribution in [0.3, 0.4) is 0 Å². The first-order valence-electron chi connectivity index (χ1n) is 12.4. The zero-order chi connectivity index (χ0) is 21.6. The molecule has 1 aliphatic heterocycles. The van der Waals surface area contributed by atoms with Gasteiger partial charge in [0.2, 0.25) is 5.95 Å². The van der Waals surface area contributed by atoms with Gasteiger partial charge in [-0.1, -0.05) is 45.4 Å². The standard InChI is InChI=1S/C25H38N4O2/c1-3-4-6-9-18(2)27-25-26-16-21-23(28-25)22(19-10-7-5-8-11-19)17-29(24(21)30)20-12-14-31-15-13-20/h16-20H,3-15H2,1-2H3,(H,26,27,28)/t18-/m0/s1. The summed E-state index contributed by atoms with van der Waals surface area (Å²) >= 11 is 0. The van der Waals surface area contributed by atoms with Crippen LogP contribution >= 0.6 is 0 Å². The summed E-state index contributed by atoms with van der Waals surface area (Å²) in [7, 11) is 0. The summed E-state index contributed by atoms with van der Waals surface area (Å²) < 4.78 is 7.51. The van der Waals surface area contributed by atoms with E-state index in [1.807, 2.05) is 4.57 Å². The van der Waals surface area contributed by atoms with Gasteiger partial charge in [0.05, 0.1) is 10.9 Å². The molecule has 1 atom stereocenters. The average molecular weight is 427 g/mol.